The maximum absolute atomic E-state index is 14.6. The summed E-state index contributed by atoms with van der Waals surface area (Å²) in [5.74, 6) is -6.45. The number of benzene rings is 2. The standard InChI is InChI=1S/C22H21B3ClF2N3O4/c23-14-8-10(9-29-20(35)21(27,28)11-1-3-12(26)4-2-11)7-13-17(14)19(34)31(22(13,24)25)15-5-6-16(32)30-18(15)33/h1-4,7-8,15H,5-6,9,23-25H2,(H,29,35)(H,30,32,33). The first kappa shape index (κ1) is 25.0. The molecule has 0 bridgehead atoms. The van der Waals surface area contributed by atoms with Crippen LogP contribution >= 0.6 is 11.6 Å². The van der Waals surface area contributed by atoms with Gasteiger partial charge in [-0.15, -0.1) is 0 Å². The molecule has 2 aromatic rings. The molecule has 1 saturated heterocycles. The molecule has 2 aliphatic heterocycles. The van der Waals surface area contributed by atoms with Crippen LogP contribution in [0, 0.1) is 0 Å². The molecule has 2 heterocycles. The van der Waals surface area contributed by atoms with E-state index >= 15 is 0 Å². The number of carbonyl (C=O) groups excluding carboxylic acids is 4. The Hall–Kier alpha value is -3.14. The number of rotatable bonds is 5. The average Bonchev–Trinajstić information content (AvgIpc) is 2.98. The highest BCUT2D eigenvalue weighted by Gasteiger charge is 2.49. The predicted octanol–water partition coefficient (Wildman–Crippen LogP) is -1.36. The summed E-state index contributed by atoms with van der Waals surface area (Å²) in [6.07, 6.45) is 0.347. The molecule has 0 saturated carbocycles. The van der Waals surface area contributed by atoms with Crippen molar-refractivity contribution in [3.05, 3.63) is 63.7 Å². The molecule has 13 heteroatoms. The fraction of sp³-hybridized carbons (Fsp3) is 0.273. The number of fused-ring (bicyclic) bond motifs is 1. The SMILES string of the molecule is Bc1cc(CNC(=O)C(F)(F)c2ccc(Cl)cc2)cc2c1C(=O)N(C1CCC(=O)NC1=O)C2(B)B. The number of hydrogen-bond donors (Lipinski definition) is 2. The van der Waals surface area contributed by atoms with Crippen LogP contribution in [-0.2, 0) is 32.2 Å². The van der Waals surface area contributed by atoms with Crippen LogP contribution in [0.15, 0.2) is 36.4 Å². The third-order valence-electron chi connectivity index (χ3n) is 6.56. The van der Waals surface area contributed by atoms with Crippen molar-refractivity contribution in [1.82, 2.24) is 15.5 Å². The lowest BCUT2D eigenvalue weighted by Crippen LogP contribution is -2.59. The first-order valence-electron chi connectivity index (χ1n) is 11.1. The van der Waals surface area contributed by atoms with Gasteiger partial charge < -0.3 is 10.2 Å². The molecular formula is C22H21B3ClF2N3O4. The number of piperidine rings is 1. The number of nitrogens with one attached hydrogen (secondary N) is 2. The molecule has 35 heavy (non-hydrogen) atoms. The zero-order valence-electron chi connectivity index (χ0n) is 19.4. The minimum absolute atomic E-state index is 0.130. The smallest absolute Gasteiger partial charge is 0.346 e. The summed E-state index contributed by atoms with van der Waals surface area (Å²) >= 11 is 5.74. The highest BCUT2D eigenvalue weighted by Crippen LogP contribution is 2.37. The molecule has 2 N–H and O–H groups in total. The van der Waals surface area contributed by atoms with Gasteiger partial charge in [-0.05, 0) is 29.7 Å². The molecule has 0 spiro atoms. The summed E-state index contributed by atoms with van der Waals surface area (Å²) in [7, 11) is 5.29. The van der Waals surface area contributed by atoms with Crippen molar-refractivity contribution < 1.29 is 28.0 Å². The Morgan fingerprint density at radius 3 is 2.49 bits per heavy atom. The number of nitrogens with zero attached hydrogens (tertiary/aromatic N) is 1. The maximum Gasteiger partial charge on any atom is 0.349 e. The van der Waals surface area contributed by atoms with E-state index in [1.165, 1.54) is 17.0 Å². The van der Waals surface area contributed by atoms with Gasteiger partial charge in [0.25, 0.3) is 11.8 Å². The summed E-state index contributed by atoms with van der Waals surface area (Å²) in [5.41, 5.74) is 1.72. The molecule has 1 fully saturated rings. The minimum atomic E-state index is -3.76. The summed E-state index contributed by atoms with van der Waals surface area (Å²) < 4.78 is 29.2. The van der Waals surface area contributed by atoms with E-state index in [-0.39, 0.29) is 36.2 Å². The monoisotopic (exact) mass is 497 g/mol. The van der Waals surface area contributed by atoms with Crippen molar-refractivity contribution in [2.24, 2.45) is 0 Å². The fourth-order valence-electron chi connectivity index (χ4n) is 4.78. The molecule has 2 aliphatic rings. The van der Waals surface area contributed by atoms with Crippen LogP contribution < -0.4 is 16.1 Å². The van der Waals surface area contributed by atoms with Gasteiger partial charge in [0.1, 0.15) is 29.6 Å². The first-order valence-corrected chi connectivity index (χ1v) is 11.5. The molecule has 2 aromatic carbocycles. The summed E-state index contributed by atoms with van der Waals surface area (Å²) in [4.78, 5) is 51.2. The van der Waals surface area contributed by atoms with Gasteiger partial charge in [-0.1, -0.05) is 41.3 Å². The van der Waals surface area contributed by atoms with Gasteiger partial charge >= 0.3 is 5.92 Å². The van der Waals surface area contributed by atoms with Gasteiger partial charge in [-0.3, -0.25) is 24.5 Å². The summed E-state index contributed by atoms with van der Waals surface area (Å²) in [6, 6.07) is 7.31. The van der Waals surface area contributed by atoms with Crippen molar-refractivity contribution in [2.75, 3.05) is 0 Å². The van der Waals surface area contributed by atoms with E-state index in [0.29, 0.717) is 22.2 Å². The topological polar surface area (TPSA) is 95.6 Å². The van der Waals surface area contributed by atoms with E-state index in [0.717, 1.165) is 12.1 Å². The number of hydrogen-bond acceptors (Lipinski definition) is 4. The number of imide groups is 1. The molecule has 0 aromatic heterocycles. The van der Waals surface area contributed by atoms with E-state index in [1.54, 1.807) is 35.7 Å². The molecule has 0 aliphatic carbocycles. The van der Waals surface area contributed by atoms with Gasteiger partial charge in [0.05, 0.1) is 0 Å². The average molecular weight is 497 g/mol. The lowest BCUT2D eigenvalue weighted by Gasteiger charge is -2.40. The largest absolute Gasteiger partial charge is 0.349 e. The van der Waals surface area contributed by atoms with Crippen LogP contribution in [0.25, 0.3) is 0 Å². The van der Waals surface area contributed by atoms with Crippen LogP contribution in [0.1, 0.15) is 39.9 Å². The minimum Gasteiger partial charge on any atom is -0.346 e. The lowest BCUT2D eigenvalue weighted by atomic mass is 9.57. The molecule has 1 unspecified atom stereocenters. The number of amides is 4. The normalized spacial score (nSPS) is 19.3. The van der Waals surface area contributed by atoms with Crippen LogP contribution in [0.5, 0.6) is 0 Å². The van der Waals surface area contributed by atoms with Crippen molar-refractivity contribution >= 4 is 64.2 Å². The van der Waals surface area contributed by atoms with Crippen LogP contribution in [0.2, 0.25) is 5.02 Å². The van der Waals surface area contributed by atoms with Crippen LogP contribution in [0.3, 0.4) is 0 Å². The van der Waals surface area contributed by atoms with Crippen molar-refractivity contribution in [3.63, 3.8) is 0 Å². The van der Waals surface area contributed by atoms with E-state index in [1.807, 2.05) is 0 Å². The van der Waals surface area contributed by atoms with E-state index in [2.05, 4.69) is 10.6 Å². The van der Waals surface area contributed by atoms with E-state index in [4.69, 9.17) is 11.6 Å². The molecule has 4 amide bonds. The molecule has 4 rings (SSSR count). The summed E-state index contributed by atoms with van der Waals surface area (Å²) in [5, 5.41) is 3.94. The Bertz CT molecular complexity index is 1260. The van der Waals surface area contributed by atoms with E-state index in [9.17, 15) is 28.0 Å². The molecule has 1 atom stereocenters. The third-order valence-corrected chi connectivity index (χ3v) is 6.81. The second-order valence-electron chi connectivity index (χ2n) is 9.30. The van der Waals surface area contributed by atoms with Gasteiger partial charge in [0.15, 0.2) is 0 Å². The maximum atomic E-state index is 14.6. The predicted molar refractivity (Wildman–Crippen MR) is 133 cm³/mol. The lowest BCUT2D eigenvalue weighted by molar-refractivity contribution is -0.147. The second-order valence-corrected chi connectivity index (χ2v) is 9.74. The fourth-order valence-corrected chi connectivity index (χ4v) is 4.90. The van der Waals surface area contributed by atoms with Gasteiger partial charge in [-0.25, -0.2) is 0 Å². The Morgan fingerprint density at radius 1 is 1.20 bits per heavy atom. The molecule has 0 radical (unpaired) electrons. The Labute approximate surface area is 208 Å². The van der Waals surface area contributed by atoms with Gasteiger partial charge in [-0.2, -0.15) is 8.78 Å². The van der Waals surface area contributed by atoms with Crippen LogP contribution in [-0.4, -0.2) is 58.1 Å². The van der Waals surface area contributed by atoms with Gasteiger partial charge in [0.2, 0.25) is 11.8 Å². The summed E-state index contributed by atoms with van der Waals surface area (Å²) in [6.45, 7) is -0.182. The molecule has 178 valence electrons. The highest BCUT2D eigenvalue weighted by atomic mass is 35.5. The van der Waals surface area contributed by atoms with Crippen molar-refractivity contribution in [2.45, 2.75) is 36.7 Å². The zero-order chi connectivity index (χ0) is 25.7. The highest BCUT2D eigenvalue weighted by molar-refractivity contribution is 6.45. The number of carbonyl (C=O) groups is 4. The quantitative estimate of drug-likeness (QED) is 0.395. The van der Waals surface area contributed by atoms with Crippen LogP contribution in [0.4, 0.5) is 8.78 Å². The second kappa shape index (κ2) is 8.82. The van der Waals surface area contributed by atoms with Crippen molar-refractivity contribution in [1.29, 1.82) is 0 Å². The zero-order valence-corrected chi connectivity index (χ0v) is 20.1. The Kier molecular flexibility index (Phi) is 6.29. The molecular weight excluding hydrogens is 476 g/mol. The Morgan fingerprint density at radius 2 is 1.86 bits per heavy atom. The Balaban J connectivity index is 1.57. The third kappa shape index (κ3) is 4.35. The number of alkyl halides is 2. The van der Waals surface area contributed by atoms with Crippen molar-refractivity contribution in [3.8, 4) is 0 Å². The first-order chi connectivity index (χ1) is 16.3. The van der Waals surface area contributed by atoms with Gasteiger partial charge in [0, 0.05) is 34.5 Å². The van der Waals surface area contributed by atoms with E-state index < -0.39 is 34.7 Å². The number of halogens is 3. The molecule has 7 nitrogen and oxygen atoms in total.